The third-order valence-electron chi connectivity index (χ3n) is 7.59. The first-order valence-electron chi connectivity index (χ1n) is 13.1. The molecule has 0 amide bonds. The van der Waals surface area contributed by atoms with Crippen LogP contribution in [0.5, 0.6) is 17.2 Å². The van der Waals surface area contributed by atoms with E-state index in [1.807, 2.05) is 32.9 Å². The highest BCUT2D eigenvalue weighted by atomic mass is 35.5. The molecule has 1 aliphatic heterocycles. The molecule has 0 spiro atoms. The Bertz CT molecular complexity index is 1120. The Morgan fingerprint density at radius 1 is 1.24 bits per heavy atom. The minimum absolute atomic E-state index is 0.0444. The van der Waals surface area contributed by atoms with Gasteiger partial charge in [-0.25, -0.2) is 4.98 Å². The number of nitrogens with zero attached hydrogens (tertiary/aromatic N) is 3. The largest absolute Gasteiger partial charge is 0.506 e. The normalized spacial score (nSPS) is 16.5. The van der Waals surface area contributed by atoms with Gasteiger partial charge in [0, 0.05) is 17.7 Å². The summed E-state index contributed by atoms with van der Waals surface area (Å²) in [5, 5.41) is 21.9. The number of nitriles is 1. The number of halogens is 1. The van der Waals surface area contributed by atoms with Crippen molar-refractivity contribution in [2.75, 3.05) is 34.4 Å². The van der Waals surface area contributed by atoms with Crippen LogP contribution < -0.4 is 9.47 Å². The average Bonchev–Trinajstić information content (AvgIpc) is 3.35. The van der Waals surface area contributed by atoms with Gasteiger partial charge in [0.05, 0.1) is 33.0 Å². The van der Waals surface area contributed by atoms with Crippen LogP contribution in [0.3, 0.4) is 0 Å². The standard InChI is InChI=1S/C29H40ClN3O4/c1-7-22-25-21(17-37-22)26(34)27(32-28(25)30)29(18-31,19(2)3)13-8-9-14-33(4)15-12-20-10-11-23(35-5)24(16-20)36-6/h10-11,16,19,22,34H,7-9,12-15,17H2,1-6H3. The average molecular weight is 530 g/mol. The van der Waals surface area contributed by atoms with Crippen LogP contribution in [0.1, 0.15) is 74.9 Å². The minimum atomic E-state index is -0.925. The van der Waals surface area contributed by atoms with Crippen LogP contribution in [-0.4, -0.2) is 49.3 Å². The van der Waals surface area contributed by atoms with Gasteiger partial charge in [-0.05, 0) is 62.9 Å². The van der Waals surface area contributed by atoms with E-state index in [0.29, 0.717) is 29.4 Å². The van der Waals surface area contributed by atoms with Crippen molar-refractivity contribution in [2.45, 2.75) is 71.0 Å². The SMILES string of the molecule is CCC1OCc2c(O)c(C(C#N)(CCCCN(C)CCc3ccc(OC)c(OC)c3)C(C)C)nc(Cl)c21. The summed E-state index contributed by atoms with van der Waals surface area (Å²) in [5.74, 6) is 1.49. The Morgan fingerprint density at radius 2 is 1.97 bits per heavy atom. The van der Waals surface area contributed by atoms with Gasteiger partial charge in [-0.2, -0.15) is 5.26 Å². The van der Waals surface area contributed by atoms with Crippen molar-refractivity contribution in [1.82, 2.24) is 9.88 Å². The molecular weight excluding hydrogens is 490 g/mol. The zero-order valence-electron chi connectivity index (χ0n) is 22.9. The summed E-state index contributed by atoms with van der Waals surface area (Å²) in [4.78, 5) is 6.89. The van der Waals surface area contributed by atoms with Gasteiger partial charge in [0.1, 0.15) is 22.0 Å². The molecule has 7 nitrogen and oxygen atoms in total. The van der Waals surface area contributed by atoms with Gasteiger partial charge in [-0.15, -0.1) is 0 Å². The second-order valence-corrected chi connectivity index (χ2v) is 10.5. The van der Waals surface area contributed by atoms with Crippen LogP contribution in [0.25, 0.3) is 0 Å². The number of aromatic hydroxyl groups is 1. The molecule has 37 heavy (non-hydrogen) atoms. The number of benzene rings is 1. The summed E-state index contributed by atoms with van der Waals surface area (Å²) in [7, 11) is 5.39. The maximum Gasteiger partial charge on any atom is 0.160 e. The van der Waals surface area contributed by atoms with E-state index >= 15 is 0 Å². The van der Waals surface area contributed by atoms with E-state index < -0.39 is 5.41 Å². The van der Waals surface area contributed by atoms with Crippen LogP contribution in [0.15, 0.2) is 18.2 Å². The van der Waals surface area contributed by atoms with Gasteiger partial charge in [0.25, 0.3) is 0 Å². The number of aromatic nitrogens is 1. The van der Waals surface area contributed by atoms with Gasteiger partial charge >= 0.3 is 0 Å². The Labute approximate surface area is 226 Å². The number of hydrogen-bond donors (Lipinski definition) is 1. The molecule has 8 heteroatoms. The van der Waals surface area contributed by atoms with Crippen molar-refractivity contribution in [1.29, 1.82) is 5.26 Å². The molecule has 1 aromatic heterocycles. The first-order chi connectivity index (χ1) is 17.7. The van der Waals surface area contributed by atoms with E-state index in [0.717, 1.165) is 55.8 Å². The molecule has 0 saturated heterocycles. The van der Waals surface area contributed by atoms with Crippen molar-refractivity contribution in [3.63, 3.8) is 0 Å². The lowest BCUT2D eigenvalue weighted by Gasteiger charge is -2.32. The smallest absolute Gasteiger partial charge is 0.160 e. The second-order valence-electron chi connectivity index (χ2n) is 10.1. The number of fused-ring (bicyclic) bond motifs is 1. The number of unbranched alkanes of at least 4 members (excludes halogenated alkanes) is 1. The summed E-state index contributed by atoms with van der Waals surface area (Å²) < 4.78 is 16.5. The van der Waals surface area contributed by atoms with Crippen LogP contribution >= 0.6 is 11.6 Å². The first-order valence-corrected chi connectivity index (χ1v) is 13.4. The predicted octanol–water partition coefficient (Wildman–Crippen LogP) is 6.20. The third kappa shape index (κ3) is 6.14. The van der Waals surface area contributed by atoms with E-state index in [2.05, 4.69) is 29.1 Å². The lowest BCUT2D eigenvalue weighted by atomic mass is 9.71. The highest BCUT2D eigenvalue weighted by Gasteiger charge is 2.42. The zero-order valence-corrected chi connectivity index (χ0v) is 23.7. The topological polar surface area (TPSA) is 87.8 Å². The van der Waals surface area contributed by atoms with Crippen molar-refractivity contribution in [3.8, 4) is 23.3 Å². The van der Waals surface area contributed by atoms with Crippen LogP contribution in [-0.2, 0) is 23.2 Å². The lowest BCUT2D eigenvalue weighted by molar-refractivity contribution is 0.0631. The maximum absolute atomic E-state index is 11.2. The number of hydrogen-bond acceptors (Lipinski definition) is 7. The molecule has 202 valence electrons. The Hall–Kier alpha value is -2.53. The highest BCUT2D eigenvalue weighted by Crippen LogP contribution is 2.48. The zero-order chi connectivity index (χ0) is 27.2. The Morgan fingerprint density at radius 3 is 2.59 bits per heavy atom. The molecule has 0 aliphatic carbocycles. The monoisotopic (exact) mass is 529 g/mol. The van der Waals surface area contributed by atoms with Crippen LogP contribution in [0.4, 0.5) is 0 Å². The van der Waals surface area contributed by atoms with E-state index in [1.54, 1.807) is 14.2 Å². The quantitative estimate of drug-likeness (QED) is 0.244. The Kier molecular flexibility index (Phi) is 10.1. The van der Waals surface area contributed by atoms with Crippen molar-refractivity contribution >= 4 is 11.6 Å². The molecule has 2 unspecified atom stereocenters. The molecule has 1 aliphatic rings. The molecule has 0 radical (unpaired) electrons. The first kappa shape index (κ1) is 29.0. The van der Waals surface area contributed by atoms with Crippen molar-refractivity contribution in [2.24, 2.45) is 5.92 Å². The number of ether oxygens (including phenoxy) is 3. The van der Waals surface area contributed by atoms with E-state index in [9.17, 15) is 10.4 Å². The number of rotatable bonds is 13. The summed E-state index contributed by atoms with van der Waals surface area (Å²) in [6, 6.07) is 8.53. The van der Waals surface area contributed by atoms with Gasteiger partial charge in [-0.3, -0.25) is 0 Å². The maximum atomic E-state index is 11.2. The Balaban J connectivity index is 1.63. The van der Waals surface area contributed by atoms with Gasteiger partial charge in [0.2, 0.25) is 0 Å². The number of pyridine rings is 1. The molecule has 0 fully saturated rings. The lowest BCUT2D eigenvalue weighted by Crippen LogP contribution is -2.33. The highest BCUT2D eigenvalue weighted by molar-refractivity contribution is 6.30. The third-order valence-corrected chi connectivity index (χ3v) is 7.88. The van der Waals surface area contributed by atoms with E-state index in [4.69, 9.17) is 25.8 Å². The molecule has 1 N–H and O–H groups in total. The molecule has 0 bridgehead atoms. The number of likely N-dealkylation sites (N-methyl/N-ethyl adjacent to an activating group) is 1. The van der Waals surface area contributed by atoms with Gasteiger partial charge in [-0.1, -0.05) is 44.9 Å². The fourth-order valence-electron chi connectivity index (χ4n) is 5.15. The van der Waals surface area contributed by atoms with Crippen molar-refractivity contribution < 1.29 is 19.3 Å². The molecular formula is C29H40ClN3O4. The summed E-state index contributed by atoms with van der Waals surface area (Å²) >= 11 is 6.58. The van der Waals surface area contributed by atoms with E-state index in [1.165, 1.54) is 5.56 Å². The van der Waals surface area contributed by atoms with E-state index in [-0.39, 0.29) is 17.8 Å². The molecule has 3 rings (SSSR count). The molecule has 2 heterocycles. The second kappa shape index (κ2) is 12.8. The number of methoxy groups -OCH3 is 2. The molecule has 2 atom stereocenters. The fraction of sp³-hybridized carbons (Fsp3) is 0.586. The van der Waals surface area contributed by atoms with Gasteiger partial charge < -0.3 is 24.2 Å². The molecule has 0 saturated carbocycles. The van der Waals surface area contributed by atoms with Crippen LogP contribution in [0.2, 0.25) is 5.15 Å². The van der Waals surface area contributed by atoms with Gasteiger partial charge in [0.15, 0.2) is 11.5 Å². The summed E-state index contributed by atoms with van der Waals surface area (Å²) in [6.07, 6.45) is 3.84. The van der Waals surface area contributed by atoms with Crippen molar-refractivity contribution in [3.05, 3.63) is 45.7 Å². The summed E-state index contributed by atoms with van der Waals surface area (Å²) in [5.41, 5.74) is 2.09. The summed E-state index contributed by atoms with van der Waals surface area (Å²) in [6.45, 7) is 8.13. The van der Waals surface area contributed by atoms with Crippen LogP contribution in [0, 0.1) is 17.2 Å². The predicted molar refractivity (Wildman–Crippen MR) is 145 cm³/mol. The molecule has 2 aromatic rings. The molecule has 1 aromatic carbocycles. The minimum Gasteiger partial charge on any atom is -0.506 e. The fourth-order valence-corrected chi connectivity index (χ4v) is 5.47.